The van der Waals surface area contributed by atoms with Gasteiger partial charge in [-0.1, -0.05) is 26.7 Å². The molecule has 3 nitrogen and oxygen atoms in total. The van der Waals surface area contributed by atoms with Gasteiger partial charge in [-0.2, -0.15) is 0 Å². The van der Waals surface area contributed by atoms with Gasteiger partial charge in [-0.25, -0.2) is 0 Å². The molecule has 27 heavy (non-hydrogen) atoms. The number of fused-ring (bicyclic) bond motifs is 5. The number of ether oxygens (including phenoxy) is 1. The Morgan fingerprint density at radius 2 is 1.89 bits per heavy atom. The Balaban J connectivity index is 1.51. The fraction of sp³-hybridized carbons (Fsp3) is 0.917. The molecule has 0 heterocycles. The zero-order chi connectivity index (χ0) is 19.2. The van der Waals surface area contributed by atoms with Crippen LogP contribution >= 0.6 is 0 Å². The number of esters is 1. The van der Waals surface area contributed by atoms with Crippen LogP contribution in [-0.4, -0.2) is 18.9 Å². The Hall–Kier alpha value is -0.860. The molecule has 0 aromatic heterocycles. The Bertz CT molecular complexity index is 598. The lowest BCUT2D eigenvalue weighted by Gasteiger charge is -2.59. The Morgan fingerprint density at radius 3 is 2.67 bits per heavy atom. The van der Waals surface area contributed by atoms with Crippen molar-refractivity contribution in [2.24, 2.45) is 40.4 Å². The summed E-state index contributed by atoms with van der Waals surface area (Å²) in [6.07, 6.45) is 13.8. The van der Waals surface area contributed by atoms with E-state index in [-0.39, 0.29) is 11.4 Å². The third-order valence-electron chi connectivity index (χ3n) is 9.79. The van der Waals surface area contributed by atoms with E-state index in [4.69, 9.17) is 4.74 Å². The molecule has 4 fully saturated rings. The molecule has 4 aliphatic carbocycles. The normalized spacial score (nSPS) is 46.3. The van der Waals surface area contributed by atoms with Crippen molar-refractivity contribution in [2.45, 2.75) is 90.9 Å². The van der Waals surface area contributed by atoms with Crippen molar-refractivity contribution in [3.8, 4) is 0 Å². The van der Waals surface area contributed by atoms with Gasteiger partial charge in [0.25, 0.3) is 0 Å². The van der Waals surface area contributed by atoms with Gasteiger partial charge in [0.15, 0.2) is 0 Å². The summed E-state index contributed by atoms with van der Waals surface area (Å²) in [4.78, 5) is 25.0. The average molecular weight is 375 g/mol. The minimum Gasteiger partial charge on any atom is -0.469 e. The maximum Gasteiger partial charge on any atom is 0.305 e. The van der Waals surface area contributed by atoms with Gasteiger partial charge >= 0.3 is 5.97 Å². The van der Waals surface area contributed by atoms with E-state index in [0.29, 0.717) is 35.4 Å². The van der Waals surface area contributed by atoms with Crippen LogP contribution in [0.5, 0.6) is 0 Å². The highest BCUT2D eigenvalue weighted by molar-refractivity contribution is 5.87. The van der Waals surface area contributed by atoms with E-state index in [9.17, 15) is 9.59 Å². The zero-order valence-electron chi connectivity index (χ0n) is 17.6. The van der Waals surface area contributed by atoms with E-state index >= 15 is 0 Å². The summed E-state index contributed by atoms with van der Waals surface area (Å²) in [6, 6.07) is 0. The van der Waals surface area contributed by atoms with Crippen molar-refractivity contribution < 1.29 is 14.3 Å². The number of methoxy groups -OCH3 is 1. The molecule has 4 rings (SSSR count). The second-order valence-electron chi connectivity index (χ2n) is 10.6. The van der Waals surface area contributed by atoms with Crippen molar-refractivity contribution in [1.82, 2.24) is 0 Å². The second-order valence-corrected chi connectivity index (χ2v) is 10.6. The number of ketones is 1. The third kappa shape index (κ3) is 2.99. The molecule has 3 heteroatoms. The van der Waals surface area contributed by atoms with Gasteiger partial charge in [-0.05, 0) is 86.4 Å². The predicted octanol–water partition coefficient (Wildman–Crippen LogP) is 5.56. The fourth-order valence-electron chi connectivity index (χ4n) is 8.18. The molecule has 7 atom stereocenters. The van der Waals surface area contributed by atoms with Crippen LogP contribution in [0.1, 0.15) is 90.9 Å². The first-order valence-corrected chi connectivity index (χ1v) is 11.5. The van der Waals surface area contributed by atoms with Crippen LogP contribution in [0.15, 0.2) is 0 Å². The molecule has 0 radical (unpaired) electrons. The largest absolute Gasteiger partial charge is 0.469 e. The van der Waals surface area contributed by atoms with Gasteiger partial charge < -0.3 is 4.74 Å². The van der Waals surface area contributed by atoms with E-state index in [1.165, 1.54) is 58.5 Å². The van der Waals surface area contributed by atoms with Gasteiger partial charge in [0.1, 0.15) is 5.78 Å². The van der Waals surface area contributed by atoms with Crippen LogP contribution in [-0.2, 0) is 14.3 Å². The highest BCUT2D eigenvalue weighted by Gasteiger charge is 2.62. The van der Waals surface area contributed by atoms with Gasteiger partial charge in [0.05, 0.1) is 7.11 Å². The molecule has 0 aromatic rings. The topological polar surface area (TPSA) is 43.4 Å². The Morgan fingerprint density at radius 1 is 1.07 bits per heavy atom. The molecule has 4 aliphatic rings. The number of Topliss-reactive ketones (excluding diaryl/α,β-unsaturated/α-hetero) is 1. The zero-order valence-corrected chi connectivity index (χ0v) is 17.6. The molecule has 4 saturated carbocycles. The van der Waals surface area contributed by atoms with Crippen molar-refractivity contribution in [3.63, 3.8) is 0 Å². The van der Waals surface area contributed by atoms with Crippen LogP contribution in [0.25, 0.3) is 0 Å². The van der Waals surface area contributed by atoms with Crippen molar-refractivity contribution in [1.29, 1.82) is 0 Å². The van der Waals surface area contributed by atoms with E-state index in [1.807, 2.05) is 0 Å². The SMILES string of the molecule is COC(=O)CCCC1CCC2[C@@H]3CC[C@@H]4CCCC[C@]4(C)C3CC(=O)[C@]12C. The Labute approximate surface area is 165 Å². The minimum absolute atomic E-state index is 0.117. The quantitative estimate of drug-likeness (QED) is 0.605. The lowest BCUT2D eigenvalue weighted by Crippen LogP contribution is -2.56. The van der Waals surface area contributed by atoms with Gasteiger partial charge in [0, 0.05) is 18.3 Å². The van der Waals surface area contributed by atoms with Gasteiger partial charge in [-0.3, -0.25) is 9.59 Å². The van der Waals surface area contributed by atoms with Gasteiger partial charge in [0.2, 0.25) is 0 Å². The number of carbonyl (C=O) groups excluding carboxylic acids is 2. The number of hydrogen-bond donors (Lipinski definition) is 0. The molecule has 0 aromatic carbocycles. The van der Waals surface area contributed by atoms with E-state index < -0.39 is 0 Å². The highest BCUT2D eigenvalue weighted by Crippen LogP contribution is 2.66. The summed E-state index contributed by atoms with van der Waals surface area (Å²) < 4.78 is 4.79. The predicted molar refractivity (Wildman–Crippen MR) is 106 cm³/mol. The summed E-state index contributed by atoms with van der Waals surface area (Å²) in [5.41, 5.74) is 0.288. The van der Waals surface area contributed by atoms with E-state index in [0.717, 1.165) is 31.1 Å². The number of rotatable bonds is 4. The number of carbonyl (C=O) groups is 2. The molecule has 152 valence electrons. The number of hydrogen-bond acceptors (Lipinski definition) is 3. The Kier molecular flexibility index (Phi) is 5.18. The first-order chi connectivity index (χ1) is 12.9. The van der Waals surface area contributed by atoms with E-state index in [2.05, 4.69) is 13.8 Å². The lowest BCUT2D eigenvalue weighted by molar-refractivity contribution is -0.156. The smallest absolute Gasteiger partial charge is 0.305 e. The molecular weight excluding hydrogens is 336 g/mol. The molecule has 0 bridgehead atoms. The third-order valence-corrected chi connectivity index (χ3v) is 9.79. The van der Waals surface area contributed by atoms with Gasteiger partial charge in [-0.15, -0.1) is 0 Å². The summed E-state index contributed by atoms with van der Waals surface area (Å²) in [7, 11) is 1.46. The fourth-order valence-corrected chi connectivity index (χ4v) is 8.18. The highest BCUT2D eigenvalue weighted by atomic mass is 16.5. The maximum atomic E-state index is 13.5. The molecular formula is C24H38O3. The van der Waals surface area contributed by atoms with Crippen LogP contribution in [0, 0.1) is 40.4 Å². The van der Waals surface area contributed by atoms with Crippen molar-refractivity contribution in [3.05, 3.63) is 0 Å². The van der Waals surface area contributed by atoms with Crippen LogP contribution < -0.4 is 0 Å². The molecule has 3 unspecified atom stereocenters. The summed E-state index contributed by atoms with van der Waals surface area (Å²) in [6.45, 7) is 4.83. The maximum absolute atomic E-state index is 13.5. The average Bonchev–Trinajstić information content (AvgIpc) is 3.00. The lowest BCUT2D eigenvalue weighted by atomic mass is 9.44. The van der Waals surface area contributed by atoms with E-state index in [1.54, 1.807) is 0 Å². The molecule has 0 spiro atoms. The summed E-state index contributed by atoms with van der Waals surface area (Å²) in [5, 5.41) is 0. The first kappa shape index (κ1) is 19.5. The summed E-state index contributed by atoms with van der Waals surface area (Å²) in [5.74, 6) is 3.76. The van der Waals surface area contributed by atoms with Crippen LogP contribution in [0.2, 0.25) is 0 Å². The molecule has 0 N–H and O–H groups in total. The van der Waals surface area contributed by atoms with Crippen molar-refractivity contribution >= 4 is 11.8 Å². The minimum atomic E-state index is -0.130. The second kappa shape index (κ2) is 7.19. The monoisotopic (exact) mass is 374 g/mol. The standard InChI is InChI=1S/C24H38O3/c1-23-14-5-4-7-16(23)10-12-18-19-13-11-17(8-6-9-22(26)27-3)24(19,2)21(25)15-20(18)23/h16-20H,4-15H2,1-3H3/t16-,17?,18-,19?,20?,23-,24+/m0/s1. The van der Waals surface area contributed by atoms with Crippen LogP contribution in [0.3, 0.4) is 0 Å². The first-order valence-electron chi connectivity index (χ1n) is 11.5. The summed E-state index contributed by atoms with van der Waals surface area (Å²) >= 11 is 0. The molecule has 0 aliphatic heterocycles. The van der Waals surface area contributed by atoms with Crippen LogP contribution in [0.4, 0.5) is 0 Å². The van der Waals surface area contributed by atoms with Crippen molar-refractivity contribution in [2.75, 3.05) is 7.11 Å². The molecule has 0 saturated heterocycles. The molecule has 0 amide bonds.